The highest BCUT2D eigenvalue weighted by Crippen LogP contribution is 2.50. The Labute approximate surface area is 851 Å². The van der Waals surface area contributed by atoms with E-state index in [-0.39, 0.29) is 20.6 Å². The minimum absolute atomic E-state index is 0. The van der Waals surface area contributed by atoms with Crippen LogP contribution in [0.4, 0.5) is 0 Å². The average Bonchev–Trinajstić information content (AvgIpc) is 1.62. The smallest absolute Gasteiger partial charge is 0.265 e. The zero-order chi connectivity index (χ0) is 97.2. The molecule has 13 saturated heterocycles. The van der Waals surface area contributed by atoms with Gasteiger partial charge in [-0.15, -0.1) is 5.10 Å². The van der Waals surface area contributed by atoms with Gasteiger partial charge in [0.2, 0.25) is 5.82 Å². The first-order valence-electron chi connectivity index (χ1n) is 58.3. The van der Waals surface area contributed by atoms with Gasteiger partial charge in [0.1, 0.15) is 0 Å². The first-order chi connectivity index (χ1) is 65.0. The standard InChI is InChI=1S/C12H23N.C11H15N.C11H21N.C10H19NO2.3C10H19N.2C9H18N2.C8H14N4.C8H16N2.C8H15N.2CH4/c1-11(2)13-9-7-12(8-10-13)5-3-4-6-12;1-9(2)12-7-10-5-3-4-6-11(10)8-12;1-10(2)12-8-7-11(9-12)5-3-4-6-11;1-9(2)11-5-3-10(4-6-11)12-7-8-13-10;1-8(2)11-6-9-3-4-10(5-9)7-11;2*1-8(2)11-6-9-4-3-5-10(9)7-11;1-8(2)11-4-3-9(7-11)5-10-6-9;1-8(2)11-6-5-10-9(7-11)3-4-9;1-7(2)11-3-4-12-6-9-10-8(12)5-11;1-6(2)10-5-7-3-8(10)4-9-7;1-6(2)9-4-7-3-8(7)5-9;;/h11H,3-10H2,1-2H3;3-6,9H,7-8H2,1-2H3;10H,3-9H2,1-2H3;9H,3-8H2,1-2H3;3*8-10H,3-7H2,1-2H3;2*8,10H,3-7H2,1-2H3;6-7H,3-5H2,1-2H3;6-9H,3-5H2,1-2H3;6-8H,3-5H2,1-2H3;2*1H4/p+1. The van der Waals surface area contributed by atoms with Crippen molar-refractivity contribution in [3.8, 4) is 0 Å². The summed E-state index contributed by atoms with van der Waals surface area (Å²) < 4.78 is 13.5. The van der Waals surface area contributed by atoms with Crippen molar-refractivity contribution in [1.29, 1.82) is 0 Å². The second-order valence-corrected chi connectivity index (χ2v) is 51.8. The molecule has 7 saturated carbocycles. The Morgan fingerprint density at radius 3 is 1.14 bits per heavy atom. The monoisotopic (exact) mass is 1930 g/mol. The van der Waals surface area contributed by atoms with E-state index < -0.39 is 0 Å². The molecule has 0 amide bonds. The van der Waals surface area contributed by atoms with Gasteiger partial charge in [0.25, 0.3) is 6.33 Å². The Morgan fingerprint density at radius 2 is 0.761 bits per heavy atom. The summed E-state index contributed by atoms with van der Waals surface area (Å²) in [6, 6.07) is 19.2. The molecule has 2 aromatic rings. The van der Waals surface area contributed by atoms with Crippen LogP contribution in [0.25, 0.3) is 0 Å². The second-order valence-electron chi connectivity index (χ2n) is 51.8. The molecule has 5 spiro atoms. The van der Waals surface area contributed by atoms with Crippen LogP contribution >= 0.6 is 0 Å². The SMILES string of the molecule is C.C.CC(C)N1CC2CC1CN2.CC(C)N1CC2CC2C1.CC(C)N1CC2CCC(C2)C1.CC(C)N1CC2CCCC2C1.CC(C)N1CC2CCCC2C1.CC(C)N1CCC2(CC1)OCCO2.CC(C)N1CCC2(CCCC2)C1.CC(C)N1CCC2(CCCC2)CC1.CC(C)N1CCC2(CNC2)C1.CC(C)N1CCNC2(CC2)C1.CC(C)N1CC[n+]2cn[nH]c2C1.CC(C)N1Cc2ccccc2C1. The van der Waals surface area contributed by atoms with Crippen LogP contribution in [-0.2, 0) is 35.7 Å². The molecule has 1 aromatic carbocycles. The Kier molecular flexibility index (Phi) is 45.6. The van der Waals surface area contributed by atoms with Crippen LogP contribution in [0.3, 0.4) is 0 Å². The van der Waals surface area contributed by atoms with Crippen molar-refractivity contribution in [3.63, 3.8) is 0 Å². The lowest BCUT2D eigenvalue weighted by Gasteiger charge is -2.41. The van der Waals surface area contributed by atoms with Gasteiger partial charge < -0.3 is 64.6 Å². The fourth-order valence-electron chi connectivity index (χ4n) is 27.8. The summed E-state index contributed by atoms with van der Waals surface area (Å²) in [7, 11) is 0. The molecular weight excluding hydrogens is 1700 g/mol. The number of aromatic amines is 1. The number of nitrogens with one attached hydrogen (secondary N) is 4. The van der Waals surface area contributed by atoms with Crippen molar-refractivity contribution in [3.05, 3.63) is 47.5 Å². The van der Waals surface area contributed by atoms with Gasteiger partial charge in [-0.25, -0.2) is 4.57 Å². The number of aromatic nitrogens is 3. The maximum absolute atomic E-state index is 5.66. The maximum Gasteiger partial charge on any atom is 0.265 e. The van der Waals surface area contributed by atoms with Gasteiger partial charge in [0.15, 0.2) is 5.79 Å². The number of benzene rings is 1. The van der Waals surface area contributed by atoms with E-state index in [0.717, 1.165) is 197 Å². The molecule has 10 atom stereocenters. The third-order valence-corrected chi connectivity index (χ3v) is 38.3. The van der Waals surface area contributed by atoms with E-state index in [1.54, 1.807) is 0 Å². The highest BCUT2D eigenvalue weighted by molar-refractivity contribution is 5.30. The summed E-state index contributed by atoms with van der Waals surface area (Å²) in [4.78, 5) is 31.1. The van der Waals surface area contributed by atoms with E-state index in [0.29, 0.717) is 29.1 Å². The number of H-pyrrole nitrogens is 1. The number of piperidine rings is 4. The summed E-state index contributed by atoms with van der Waals surface area (Å²) >= 11 is 0. The van der Waals surface area contributed by atoms with Crippen LogP contribution in [0.15, 0.2) is 30.6 Å². The van der Waals surface area contributed by atoms with Crippen molar-refractivity contribution in [1.82, 2.24) is 84.9 Å². The van der Waals surface area contributed by atoms with E-state index in [1.165, 1.54) is 315 Å². The van der Waals surface area contributed by atoms with E-state index in [2.05, 4.69) is 280 Å². The maximum atomic E-state index is 5.66. The van der Waals surface area contributed by atoms with Gasteiger partial charge in [-0.2, -0.15) is 0 Å². The normalized spacial score (nSPS) is 30.6. The number of hydrogen-bond acceptors (Lipinski definition) is 18. The van der Waals surface area contributed by atoms with E-state index in [4.69, 9.17) is 9.47 Å². The van der Waals surface area contributed by atoms with Gasteiger partial charge >= 0.3 is 0 Å². The van der Waals surface area contributed by atoms with Crippen molar-refractivity contribution in [2.45, 2.75) is 476 Å². The third-order valence-electron chi connectivity index (χ3n) is 38.3. The Hall–Kier alpha value is -2.32. The molecule has 10 unspecified atom stereocenters. The van der Waals surface area contributed by atoms with Gasteiger partial charge in [0, 0.05) is 257 Å². The molecule has 20 fully saturated rings. The lowest BCUT2D eigenvalue weighted by molar-refractivity contribution is -0.712. The van der Waals surface area contributed by atoms with Crippen LogP contribution in [0, 0.1) is 63.6 Å². The Balaban J connectivity index is 0.000000144. The van der Waals surface area contributed by atoms with Crippen LogP contribution in [0.1, 0.15) is 371 Å². The van der Waals surface area contributed by atoms with Gasteiger partial charge in [-0.1, -0.05) is 77.6 Å². The first kappa shape index (κ1) is 116. The quantitative estimate of drug-likeness (QED) is 0.150. The molecule has 16 heterocycles. The fourth-order valence-corrected chi connectivity index (χ4v) is 27.8. The number of piperazine rings is 2. The van der Waals surface area contributed by atoms with Crippen LogP contribution < -0.4 is 20.5 Å². The van der Waals surface area contributed by atoms with E-state index in [1.807, 2.05) is 6.33 Å². The molecule has 20 heteroatoms. The predicted molar refractivity (Wildman–Crippen MR) is 585 cm³/mol. The van der Waals surface area contributed by atoms with E-state index >= 15 is 0 Å². The van der Waals surface area contributed by atoms with Crippen LogP contribution in [0.5, 0.6) is 0 Å². The molecule has 0 radical (unpaired) electrons. The lowest BCUT2D eigenvalue weighted by atomic mass is 9.77. The van der Waals surface area contributed by atoms with Crippen molar-refractivity contribution in [2.75, 3.05) is 170 Å². The lowest BCUT2D eigenvalue weighted by Crippen LogP contribution is -2.55. The number of likely N-dealkylation sites (tertiary alicyclic amines) is 9. The molecule has 24 rings (SSSR count). The number of fused-ring (bicyclic) bond motifs is 9. The molecular formula is C118H225N18O2+. The molecule has 1 aromatic heterocycles. The third kappa shape index (κ3) is 33.3. The summed E-state index contributed by atoms with van der Waals surface area (Å²) in [5.41, 5.74) is 5.82. The second kappa shape index (κ2) is 54.2. The van der Waals surface area contributed by atoms with Crippen molar-refractivity contribution < 1.29 is 14.0 Å². The number of rotatable bonds is 12. The van der Waals surface area contributed by atoms with Gasteiger partial charge in [-0.3, -0.25) is 19.6 Å². The van der Waals surface area contributed by atoms with Crippen molar-refractivity contribution in [2.24, 2.45) is 63.6 Å². The molecule has 138 heavy (non-hydrogen) atoms. The molecule has 798 valence electrons. The fraction of sp³-hybridized carbons (Fsp3) is 0.932. The Morgan fingerprint density at radius 1 is 0.355 bits per heavy atom. The molecule has 20 nitrogen and oxygen atoms in total. The summed E-state index contributed by atoms with van der Waals surface area (Å²) in [6.07, 6.45) is 41.1. The molecule has 22 aliphatic rings. The van der Waals surface area contributed by atoms with E-state index in [9.17, 15) is 0 Å². The zero-order valence-electron chi connectivity index (χ0n) is 93.0. The van der Waals surface area contributed by atoms with Gasteiger partial charge in [0.05, 0.1) is 26.3 Å². The topological polar surface area (TPSA) is 126 Å². The molecule has 15 aliphatic heterocycles. The minimum atomic E-state index is -0.203. The van der Waals surface area contributed by atoms with Crippen LogP contribution in [-0.4, -0.2) is 335 Å². The summed E-state index contributed by atoms with van der Waals surface area (Å²) in [5, 5.41) is 17.5. The number of nitrogens with zero attached hydrogens (tertiary/aromatic N) is 14. The molecule has 4 bridgehead atoms. The Bertz CT molecular complexity index is 3520. The van der Waals surface area contributed by atoms with Crippen LogP contribution in [0.2, 0.25) is 0 Å². The summed E-state index contributed by atoms with van der Waals surface area (Å²) in [6.45, 7) is 92.3. The largest absolute Gasteiger partial charge is 0.347 e. The molecule has 4 N–H and O–H groups in total. The highest BCUT2D eigenvalue weighted by Gasteiger charge is 2.50. The number of ether oxygens (including phenoxy) is 2. The number of hydrogen-bond donors (Lipinski definition) is 4. The van der Waals surface area contributed by atoms with Crippen molar-refractivity contribution >= 4 is 0 Å². The highest BCUT2D eigenvalue weighted by atomic mass is 16.7. The molecule has 7 aliphatic carbocycles. The first-order valence-corrected chi connectivity index (χ1v) is 58.3. The zero-order valence-corrected chi connectivity index (χ0v) is 93.0. The van der Waals surface area contributed by atoms with Gasteiger partial charge in [-0.05, 0) is 384 Å². The predicted octanol–water partition coefficient (Wildman–Crippen LogP) is 20.2. The minimum Gasteiger partial charge on any atom is -0.347 e. The average molecular weight is 1930 g/mol. The summed E-state index contributed by atoms with van der Waals surface area (Å²) in [5.74, 6) is 9.59.